The average molecular weight is 412 g/mol. The highest BCUT2D eigenvalue weighted by atomic mass is 32.2. The van der Waals surface area contributed by atoms with Gasteiger partial charge in [-0.3, -0.25) is 4.79 Å². The third-order valence-electron chi connectivity index (χ3n) is 3.88. The molecule has 148 valence electrons. The fourth-order valence-corrected chi connectivity index (χ4v) is 3.37. The maximum Gasteiger partial charge on any atom is 0.339 e. The van der Waals surface area contributed by atoms with Crippen molar-refractivity contribution in [2.24, 2.45) is 0 Å². The van der Waals surface area contributed by atoms with Crippen LogP contribution in [-0.2, 0) is 10.1 Å². The third kappa shape index (κ3) is 4.94. The normalized spacial score (nSPS) is 11.4. The lowest BCUT2D eigenvalue weighted by Gasteiger charge is -2.07. The summed E-state index contributed by atoms with van der Waals surface area (Å²) < 4.78 is 29.5. The molecular formula is C21H16O7S. The number of aromatic hydroxyl groups is 3. The van der Waals surface area contributed by atoms with Crippen LogP contribution in [0.5, 0.6) is 23.0 Å². The smallest absolute Gasteiger partial charge is 0.339 e. The minimum Gasteiger partial charge on any atom is -0.508 e. The van der Waals surface area contributed by atoms with Crippen molar-refractivity contribution < 1.29 is 32.7 Å². The summed E-state index contributed by atoms with van der Waals surface area (Å²) in [5, 5.41) is 28.2. The van der Waals surface area contributed by atoms with Crippen molar-refractivity contribution in [1.82, 2.24) is 0 Å². The van der Waals surface area contributed by atoms with E-state index in [4.69, 9.17) is 4.18 Å². The van der Waals surface area contributed by atoms with Crippen LogP contribution in [-0.4, -0.2) is 29.5 Å². The summed E-state index contributed by atoms with van der Waals surface area (Å²) in [7, 11) is -4.13. The average Bonchev–Trinajstić information content (AvgIpc) is 2.69. The van der Waals surface area contributed by atoms with Crippen LogP contribution in [0.4, 0.5) is 0 Å². The second kappa shape index (κ2) is 8.07. The van der Waals surface area contributed by atoms with Crippen LogP contribution in [0.25, 0.3) is 6.08 Å². The number of allylic oxidation sites excluding steroid dienone is 1. The Morgan fingerprint density at radius 2 is 1.59 bits per heavy atom. The molecule has 0 amide bonds. The van der Waals surface area contributed by atoms with Crippen LogP contribution < -0.4 is 4.18 Å². The molecule has 0 heterocycles. The van der Waals surface area contributed by atoms with E-state index in [1.807, 2.05) is 0 Å². The van der Waals surface area contributed by atoms with E-state index in [2.05, 4.69) is 0 Å². The number of benzene rings is 3. The number of carbonyl (C=O) groups is 1. The predicted octanol–water partition coefficient (Wildman–Crippen LogP) is 3.47. The SMILES string of the molecule is O=C(/C=C/c1ccc(O)c(O)c1)c1ccc(OS(=O)(=O)c2cccc(O)c2)cc1. The topological polar surface area (TPSA) is 121 Å². The number of phenolic OH excluding ortho intramolecular Hbond substituents is 3. The summed E-state index contributed by atoms with van der Waals surface area (Å²) in [5.74, 6) is -1.10. The zero-order valence-electron chi connectivity index (χ0n) is 14.9. The Labute approximate surface area is 166 Å². The molecule has 3 N–H and O–H groups in total. The molecule has 0 aliphatic carbocycles. The Kier molecular flexibility index (Phi) is 5.56. The van der Waals surface area contributed by atoms with E-state index in [-0.39, 0.29) is 33.7 Å². The van der Waals surface area contributed by atoms with Gasteiger partial charge in [-0.05, 0) is 60.2 Å². The molecule has 0 aromatic heterocycles. The summed E-state index contributed by atoms with van der Waals surface area (Å²) in [4.78, 5) is 12.0. The zero-order valence-corrected chi connectivity index (χ0v) is 15.7. The first kappa shape index (κ1) is 20.0. The standard InChI is InChI=1S/C21H16O7S/c22-16-2-1-3-18(13-16)29(26,27)28-17-8-6-15(7-9-17)19(23)10-4-14-5-11-20(24)21(25)12-14/h1-13,22,24-25H/b10-4+. The van der Waals surface area contributed by atoms with Gasteiger partial charge in [0.1, 0.15) is 16.4 Å². The highest BCUT2D eigenvalue weighted by Gasteiger charge is 2.17. The van der Waals surface area contributed by atoms with E-state index in [1.54, 1.807) is 0 Å². The molecule has 0 saturated carbocycles. The summed E-state index contributed by atoms with van der Waals surface area (Å²) in [6.45, 7) is 0. The van der Waals surface area contributed by atoms with Crippen molar-refractivity contribution >= 4 is 22.0 Å². The molecule has 3 aromatic carbocycles. The van der Waals surface area contributed by atoms with Crippen LogP contribution in [0.2, 0.25) is 0 Å². The first-order chi connectivity index (χ1) is 13.7. The maximum absolute atomic E-state index is 12.2. The molecular weight excluding hydrogens is 396 g/mol. The summed E-state index contributed by atoms with van der Waals surface area (Å²) >= 11 is 0. The van der Waals surface area contributed by atoms with Crippen LogP contribution in [0.1, 0.15) is 15.9 Å². The van der Waals surface area contributed by atoms with Crippen molar-refractivity contribution in [3.63, 3.8) is 0 Å². The highest BCUT2D eigenvalue weighted by Crippen LogP contribution is 2.26. The van der Waals surface area contributed by atoms with Gasteiger partial charge in [0, 0.05) is 11.6 Å². The van der Waals surface area contributed by atoms with Crippen LogP contribution in [0.3, 0.4) is 0 Å². The van der Waals surface area contributed by atoms with Gasteiger partial charge in [-0.15, -0.1) is 0 Å². The number of hydrogen-bond donors (Lipinski definition) is 3. The van der Waals surface area contributed by atoms with E-state index < -0.39 is 10.1 Å². The number of phenols is 3. The number of ketones is 1. The Balaban J connectivity index is 1.71. The van der Waals surface area contributed by atoms with Gasteiger partial charge < -0.3 is 19.5 Å². The van der Waals surface area contributed by atoms with E-state index in [0.29, 0.717) is 11.1 Å². The minimum atomic E-state index is -4.13. The number of rotatable bonds is 6. The first-order valence-corrected chi connectivity index (χ1v) is 9.73. The molecule has 0 fully saturated rings. The fourth-order valence-electron chi connectivity index (χ4n) is 2.40. The molecule has 3 rings (SSSR count). The molecule has 8 heteroatoms. The van der Waals surface area contributed by atoms with E-state index in [9.17, 15) is 28.5 Å². The molecule has 0 atom stereocenters. The van der Waals surface area contributed by atoms with Gasteiger partial charge in [0.15, 0.2) is 17.3 Å². The van der Waals surface area contributed by atoms with E-state index in [1.165, 1.54) is 72.8 Å². The van der Waals surface area contributed by atoms with Gasteiger partial charge in [0.2, 0.25) is 0 Å². The Bertz CT molecular complexity index is 1180. The van der Waals surface area contributed by atoms with Gasteiger partial charge in [0.05, 0.1) is 0 Å². The second-order valence-electron chi connectivity index (χ2n) is 6.00. The van der Waals surface area contributed by atoms with Gasteiger partial charge >= 0.3 is 10.1 Å². The molecule has 3 aromatic rings. The van der Waals surface area contributed by atoms with Crippen LogP contribution in [0.15, 0.2) is 77.7 Å². The molecule has 0 aliphatic rings. The van der Waals surface area contributed by atoms with E-state index >= 15 is 0 Å². The monoisotopic (exact) mass is 412 g/mol. The lowest BCUT2D eigenvalue weighted by Crippen LogP contribution is -2.09. The van der Waals surface area contributed by atoms with Crippen LogP contribution >= 0.6 is 0 Å². The number of hydrogen-bond acceptors (Lipinski definition) is 7. The molecule has 0 bridgehead atoms. The van der Waals surface area contributed by atoms with Crippen molar-refractivity contribution in [2.75, 3.05) is 0 Å². The fraction of sp³-hybridized carbons (Fsp3) is 0. The number of carbonyl (C=O) groups excluding carboxylic acids is 1. The molecule has 29 heavy (non-hydrogen) atoms. The summed E-state index contributed by atoms with van der Waals surface area (Å²) in [6.07, 6.45) is 2.75. The lowest BCUT2D eigenvalue weighted by molar-refractivity contribution is 0.104. The van der Waals surface area contributed by atoms with Crippen molar-refractivity contribution in [3.05, 3.63) is 83.9 Å². The van der Waals surface area contributed by atoms with Gasteiger partial charge in [-0.1, -0.05) is 18.2 Å². The van der Waals surface area contributed by atoms with Crippen LogP contribution in [0, 0.1) is 0 Å². The molecule has 0 radical (unpaired) electrons. The van der Waals surface area contributed by atoms with Crippen molar-refractivity contribution in [2.45, 2.75) is 4.90 Å². The molecule has 0 aliphatic heterocycles. The molecule has 0 saturated heterocycles. The quantitative estimate of drug-likeness (QED) is 0.245. The van der Waals surface area contributed by atoms with Crippen molar-refractivity contribution in [1.29, 1.82) is 0 Å². The maximum atomic E-state index is 12.2. The minimum absolute atomic E-state index is 0.0114. The molecule has 7 nitrogen and oxygen atoms in total. The van der Waals surface area contributed by atoms with Gasteiger partial charge in [-0.2, -0.15) is 8.42 Å². The zero-order chi connectivity index (χ0) is 21.0. The van der Waals surface area contributed by atoms with Gasteiger partial charge in [0.25, 0.3) is 0 Å². The Hall–Kier alpha value is -3.78. The largest absolute Gasteiger partial charge is 0.508 e. The summed E-state index contributed by atoms with van der Waals surface area (Å²) in [6, 6.07) is 14.7. The summed E-state index contributed by atoms with van der Waals surface area (Å²) in [5.41, 5.74) is 0.817. The lowest BCUT2D eigenvalue weighted by atomic mass is 10.1. The molecule has 0 spiro atoms. The predicted molar refractivity (Wildman–Crippen MR) is 105 cm³/mol. The Morgan fingerprint density at radius 1 is 0.862 bits per heavy atom. The van der Waals surface area contributed by atoms with Crippen molar-refractivity contribution in [3.8, 4) is 23.0 Å². The highest BCUT2D eigenvalue weighted by molar-refractivity contribution is 7.87. The third-order valence-corrected chi connectivity index (χ3v) is 5.12. The Morgan fingerprint density at radius 3 is 2.24 bits per heavy atom. The van der Waals surface area contributed by atoms with E-state index in [0.717, 1.165) is 6.07 Å². The molecule has 0 unspecified atom stereocenters. The first-order valence-electron chi connectivity index (χ1n) is 8.32. The second-order valence-corrected chi connectivity index (χ2v) is 7.55. The van der Waals surface area contributed by atoms with Gasteiger partial charge in [-0.25, -0.2) is 0 Å².